The van der Waals surface area contributed by atoms with Gasteiger partial charge in [0.25, 0.3) is 5.91 Å². The van der Waals surface area contributed by atoms with E-state index in [0.717, 1.165) is 0 Å². The van der Waals surface area contributed by atoms with Crippen molar-refractivity contribution in [1.82, 2.24) is 21.6 Å². The zero-order valence-electron chi connectivity index (χ0n) is 19.9. The first-order valence-corrected chi connectivity index (χ1v) is 11.9. The molecule has 0 bridgehead atoms. The Balaban J connectivity index is 1.55. The molecule has 0 saturated heterocycles. The molecular formula is C24H27ClFN7O4. The van der Waals surface area contributed by atoms with Gasteiger partial charge in [0.05, 0.1) is 17.9 Å². The average Bonchev–Trinajstić information content (AvgIpc) is 3.01. The number of carbonyl (C=O) groups excluding carboxylic acids is 4. The number of benzodiazepines with no additional fused rings is 1. The Hall–Kier alpha value is -3.87. The zero-order chi connectivity index (χ0) is 26.8. The van der Waals surface area contributed by atoms with Crippen molar-refractivity contribution in [2.75, 3.05) is 31.1 Å². The van der Waals surface area contributed by atoms with Gasteiger partial charge in [-0.1, -0.05) is 23.7 Å². The Kier molecular flexibility index (Phi) is 10.1. The summed E-state index contributed by atoms with van der Waals surface area (Å²) in [6, 6.07) is 11.1. The molecule has 0 atom stereocenters. The molecule has 4 amide bonds. The summed E-state index contributed by atoms with van der Waals surface area (Å²) in [6.45, 7) is 0.145. The number of aliphatic imine (C=N–C) groups is 1. The molecule has 0 aliphatic carbocycles. The molecule has 37 heavy (non-hydrogen) atoms. The van der Waals surface area contributed by atoms with Gasteiger partial charge >= 0.3 is 0 Å². The fourth-order valence-corrected chi connectivity index (χ4v) is 3.81. The van der Waals surface area contributed by atoms with Crippen molar-refractivity contribution in [3.05, 3.63) is 64.4 Å². The average molecular weight is 532 g/mol. The van der Waals surface area contributed by atoms with E-state index in [-0.39, 0.29) is 62.8 Å². The number of hydrogen-bond donors (Lipinski definition) is 5. The molecule has 3 rings (SSSR count). The van der Waals surface area contributed by atoms with E-state index in [2.05, 4.69) is 21.2 Å². The monoisotopic (exact) mass is 531 g/mol. The van der Waals surface area contributed by atoms with Crippen molar-refractivity contribution in [2.45, 2.75) is 19.3 Å². The van der Waals surface area contributed by atoms with Crippen LogP contribution in [0.5, 0.6) is 0 Å². The fourth-order valence-electron chi connectivity index (χ4n) is 3.63. The number of amides is 4. The Morgan fingerprint density at radius 2 is 1.76 bits per heavy atom. The number of rotatable bonds is 10. The van der Waals surface area contributed by atoms with Crippen LogP contribution in [0.1, 0.15) is 30.4 Å². The van der Waals surface area contributed by atoms with Crippen molar-refractivity contribution in [3.8, 4) is 0 Å². The van der Waals surface area contributed by atoms with E-state index in [4.69, 9.17) is 17.4 Å². The Morgan fingerprint density at radius 3 is 2.51 bits per heavy atom. The maximum Gasteiger partial charge on any atom is 0.252 e. The van der Waals surface area contributed by atoms with Crippen LogP contribution in [0.3, 0.4) is 0 Å². The summed E-state index contributed by atoms with van der Waals surface area (Å²) in [6.07, 6.45) is 0.414. The molecular weight excluding hydrogens is 505 g/mol. The minimum Gasteiger partial charge on any atom is -0.309 e. The van der Waals surface area contributed by atoms with Gasteiger partial charge in [0.15, 0.2) is 0 Å². The van der Waals surface area contributed by atoms with Gasteiger partial charge in [-0.3, -0.25) is 40.4 Å². The minimum absolute atomic E-state index is 0.0402. The topological polar surface area (TPSA) is 158 Å². The van der Waals surface area contributed by atoms with Crippen LogP contribution in [0.25, 0.3) is 0 Å². The quantitative estimate of drug-likeness (QED) is 0.130. The van der Waals surface area contributed by atoms with Gasteiger partial charge in [0.1, 0.15) is 12.4 Å². The first-order chi connectivity index (χ1) is 17.8. The van der Waals surface area contributed by atoms with E-state index in [1.807, 2.05) is 5.43 Å². The molecule has 0 aromatic heterocycles. The lowest BCUT2D eigenvalue weighted by molar-refractivity contribution is -0.128. The number of fused-ring (bicyclic) bond motifs is 1. The van der Waals surface area contributed by atoms with Crippen LogP contribution < -0.4 is 32.3 Å². The highest BCUT2D eigenvalue weighted by molar-refractivity contribution is 6.32. The van der Waals surface area contributed by atoms with Crippen LogP contribution in [-0.2, 0) is 19.2 Å². The van der Waals surface area contributed by atoms with E-state index in [0.29, 0.717) is 22.0 Å². The van der Waals surface area contributed by atoms with Gasteiger partial charge in [0, 0.05) is 42.1 Å². The second-order valence-electron chi connectivity index (χ2n) is 8.05. The number of carbonyl (C=O) groups is 4. The summed E-state index contributed by atoms with van der Waals surface area (Å²) in [5.41, 5.74) is 8.13. The second kappa shape index (κ2) is 13.4. The Morgan fingerprint density at radius 1 is 1.03 bits per heavy atom. The Labute approximate surface area is 217 Å². The predicted molar refractivity (Wildman–Crippen MR) is 136 cm³/mol. The number of hydrogen-bond acceptors (Lipinski definition) is 7. The molecule has 0 unspecified atom stereocenters. The number of nitrogens with one attached hydrogen (secondary N) is 4. The summed E-state index contributed by atoms with van der Waals surface area (Å²) in [7, 11) is 0. The van der Waals surface area contributed by atoms with Gasteiger partial charge < -0.3 is 10.2 Å². The maximum atomic E-state index is 14.5. The van der Waals surface area contributed by atoms with Crippen LogP contribution in [0, 0.1) is 5.82 Å². The molecule has 2 aromatic carbocycles. The van der Waals surface area contributed by atoms with Crippen molar-refractivity contribution in [3.63, 3.8) is 0 Å². The van der Waals surface area contributed by atoms with Crippen molar-refractivity contribution >= 4 is 46.6 Å². The zero-order valence-corrected chi connectivity index (χ0v) is 20.6. The van der Waals surface area contributed by atoms with Crippen molar-refractivity contribution in [2.24, 2.45) is 10.8 Å². The normalized spacial score (nSPS) is 12.8. The molecule has 196 valence electrons. The van der Waals surface area contributed by atoms with Gasteiger partial charge in [-0.05, 0) is 36.8 Å². The van der Waals surface area contributed by atoms with Crippen LogP contribution in [0.15, 0.2) is 47.5 Å². The molecule has 13 heteroatoms. The number of anilines is 1. The van der Waals surface area contributed by atoms with Gasteiger partial charge in [-0.2, -0.15) is 0 Å². The van der Waals surface area contributed by atoms with Crippen LogP contribution in [0.4, 0.5) is 10.1 Å². The summed E-state index contributed by atoms with van der Waals surface area (Å²) < 4.78 is 14.5. The van der Waals surface area contributed by atoms with Gasteiger partial charge in [-0.15, -0.1) is 0 Å². The Bertz CT molecular complexity index is 1210. The van der Waals surface area contributed by atoms with Crippen molar-refractivity contribution in [1.29, 1.82) is 0 Å². The summed E-state index contributed by atoms with van der Waals surface area (Å²) >= 11 is 6.21. The maximum absolute atomic E-state index is 14.5. The summed E-state index contributed by atoms with van der Waals surface area (Å²) in [5, 5.41) is 3.32. The molecule has 0 spiro atoms. The third kappa shape index (κ3) is 7.81. The van der Waals surface area contributed by atoms with E-state index >= 15 is 0 Å². The van der Waals surface area contributed by atoms with E-state index in [9.17, 15) is 23.6 Å². The summed E-state index contributed by atoms with van der Waals surface area (Å²) in [5.74, 6) is 2.88. The highest BCUT2D eigenvalue weighted by atomic mass is 35.5. The largest absolute Gasteiger partial charge is 0.309 e. The highest BCUT2D eigenvalue weighted by Crippen LogP contribution is 2.30. The second-order valence-corrected chi connectivity index (χ2v) is 8.48. The first kappa shape index (κ1) is 27.7. The molecule has 2 aromatic rings. The molecule has 6 N–H and O–H groups in total. The number of benzene rings is 2. The number of nitrogens with zero attached hydrogens (tertiary/aromatic N) is 2. The number of halogens is 2. The smallest absolute Gasteiger partial charge is 0.252 e. The third-order valence-electron chi connectivity index (χ3n) is 5.41. The highest BCUT2D eigenvalue weighted by Gasteiger charge is 2.26. The van der Waals surface area contributed by atoms with E-state index < -0.39 is 17.6 Å². The number of hydrazine groups is 2. The van der Waals surface area contributed by atoms with Gasteiger partial charge in [-0.25, -0.2) is 10.2 Å². The predicted octanol–water partition coefficient (Wildman–Crippen LogP) is 0.560. The molecule has 0 saturated carbocycles. The van der Waals surface area contributed by atoms with Crippen LogP contribution >= 0.6 is 11.6 Å². The minimum atomic E-state index is -0.493. The lowest BCUT2D eigenvalue weighted by Gasteiger charge is -2.23. The SMILES string of the molecule is NNC(=O)CCCC(=O)NNC(=O)CNCCN1C(=O)CN=C(c2ccccc2F)c2cc(Cl)ccc21. The molecule has 11 nitrogen and oxygen atoms in total. The van der Waals surface area contributed by atoms with Crippen LogP contribution in [-0.4, -0.2) is 55.5 Å². The molecule has 1 aliphatic rings. The molecule has 0 radical (unpaired) electrons. The molecule has 0 fully saturated rings. The summed E-state index contributed by atoms with van der Waals surface area (Å²) in [4.78, 5) is 53.5. The van der Waals surface area contributed by atoms with Crippen molar-refractivity contribution < 1.29 is 23.6 Å². The fraction of sp³-hybridized carbons (Fsp3) is 0.292. The number of nitrogens with two attached hydrogens (primary N) is 1. The van der Waals surface area contributed by atoms with Gasteiger partial charge in [0.2, 0.25) is 17.7 Å². The molecule has 1 heterocycles. The van der Waals surface area contributed by atoms with Crippen LogP contribution in [0.2, 0.25) is 5.02 Å². The first-order valence-electron chi connectivity index (χ1n) is 11.5. The molecule has 1 aliphatic heterocycles. The standard InChI is InChI=1S/C24H27ClFN7O4/c25-15-8-9-19-17(12-15)24(16-4-1-2-5-18(16)26)29-14-23(37)33(19)11-10-28-13-22(36)32-31-21(35)7-3-6-20(34)30-27/h1-2,4-5,8-9,12,28H,3,6-7,10-11,13-14,27H2,(H,30,34)(H,31,35)(H,32,36). The lowest BCUT2D eigenvalue weighted by atomic mass is 9.99. The third-order valence-corrected chi connectivity index (χ3v) is 5.65. The lowest BCUT2D eigenvalue weighted by Crippen LogP contribution is -2.46. The van der Waals surface area contributed by atoms with E-state index in [1.165, 1.54) is 11.0 Å². The van der Waals surface area contributed by atoms with E-state index in [1.54, 1.807) is 36.4 Å².